The minimum atomic E-state index is -4.47. The molecule has 1 aliphatic carbocycles. The van der Waals surface area contributed by atoms with Crippen molar-refractivity contribution in [1.82, 2.24) is 4.31 Å². The summed E-state index contributed by atoms with van der Waals surface area (Å²) in [7, 11) is -2.25. The van der Waals surface area contributed by atoms with E-state index in [0.717, 1.165) is 55.3 Å². The van der Waals surface area contributed by atoms with Gasteiger partial charge in [0.25, 0.3) is 0 Å². The second kappa shape index (κ2) is 9.74. The SMILES string of the molecule is CN([C@H]1CC[C@H](CCCCCBr)CC1)S(=O)(=O)c1ccc(C(F)(F)F)cc1. The van der Waals surface area contributed by atoms with Crippen LogP contribution in [0, 0.1) is 5.92 Å². The van der Waals surface area contributed by atoms with Crippen LogP contribution in [0.3, 0.4) is 0 Å². The van der Waals surface area contributed by atoms with Crippen molar-refractivity contribution in [2.75, 3.05) is 12.4 Å². The fraction of sp³-hybridized carbons (Fsp3) is 0.684. The number of hydrogen-bond acceptors (Lipinski definition) is 2. The number of hydrogen-bond donors (Lipinski definition) is 0. The van der Waals surface area contributed by atoms with E-state index < -0.39 is 21.8 Å². The molecule has 0 bridgehead atoms. The molecule has 27 heavy (non-hydrogen) atoms. The van der Waals surface area contributed by atoms with Gasteiger partial charge in [-0.2, -0.15) is 17.5 Å². The lowest BCUT2D eigenvalue weighted by atomic mass is 9.83. The minimum Gasteiger partial charge on any atom is -0.207 e. The quantitative estimate of drug-likeness (QED) is 0.354. The van der Waals surface area contributed by atoms with Gasteiger partial charge < -0.3 is 0 Å². The van der Waals surface area contributed by atoms with Crippen LogP contribution < -0.4 is 0 Å². The smallest absolute Gasteiger partial charge is 0.207 e. The first kappa shape index (κ1) is 22.7. The zero-order chi connectivity index (χ0) is 20.1. The molecule has 0 N–H and O–H groups in total. The lowest BCUT2D eigenvalue weighted by molar-refractivity contribution is -0.137. The number of benzene rings is 1. The molecule has 2 rings (SSSR count). The van der Waals surface area contributed by atoms with Crippen LogP contribution >= 0.6 is 15.9 Å². The highest BCUT2D eigenvalue weighted by Gasteiger charge is 2.33. The maximum atomic E-state index is 12.8. The molecule has 3 nitrogen and oxygen atoms in total. The van der Waals surface area contributed by atoms with Crippen molar-refractivity contribution < 1.29 is 21.6 Å². The van der Waals surface area contributed by atoms with Crippen molar-refractivity contribution in [3.63, 3.8) is 0 Å². The molecule has 0 spiro atoms. The topological polar surface area (TPSA) is 37.4 Å². The molecule has 0 atom stereocenters. The molecule has 0 aromatic heterocycles. The molecule has 1 aromatic carbocycles. The lowest BCUT2D eigenvalue weighted by Gasteiger charge is -2.34. The Hall–Kier alpha value is -0.600. The summed E-state index contributed by atoms with van der Waals surface area (Å²) in [5.41, 5.74) is -0.843. The van der Waals surface area contributed by atoms with Gasteiger partial charge >= 0.3 is 6.18 Å². The van der Waals surface area contributed by atoms with Crippen molar-refractivity contribution >= 4 is 26.0 Å². The molecule has 1 aliphatic rings. The predicted octanol–water partition coefficient (Wildman–Crippen LogP) is 5.84. The fourth-order valence-corrected chi connectivity index (χ4v) is 5.49. The summed E-state index contributed by atoms with van der Waals surface area (Å²) in [6.07, 6.45) is 3.95. The predicted molar refractivity (Wildman–Crippen MR) is 104 cm³/mol. The zero-order valence-electron chi connectivity index (χ0n) is 15.5. The van der Waals surface area contributed by atoms with Gasteiger partial charge in [0.05, 0.1) is 10.5 Å². The number of unbranched alkanes of at least 4 members (excludes halogenated alkanes) is 2. The van der Waals surface area contributed by atoms with Gasteiger partial charge in [-0.3, -0.25) is 0 Å². The van der Waals surface area contributed by atoms with E-state index in [0.29, 0.717) is 5.92 Å². The summed E-state index contributed by atoms with van der Waals surface area (Å²) in [6.45, 7) is 0. The summed E-state index contributed by atoms with van der Waals surface area (Å²) >= 11 is 3.43. The van der Waals surface area contributed by atoms with E-state index in [9.17, 15) is 21.6 Å². The van der Waals surface area contributed by atoms with Crippen LogP contribution in [0.25, 0.3) is 0 Å². The third kappa shape index (κ3) is 6.19. The maximum absolute atomic E-state index is 12.8. The summed E-state index contributed by atoms with van der Waals surface area (Å²) in [4.78, 5) is -0.0881. The van der Waals surface area contributed by atoms with Crippen LogP contribution in [0.1, 0.15) is 56.9 Å². The van der Waals surface area contributed by atoms with Gasteiger partial charge in [0.2, 0.25) is 10.0 Å². The van der Waals surface area contributed by atoms with Gasteiger partial charge in [0.1, 0.15) is 0 Å². The molecular formula is C19H27BrF3NO2S. The van der Waals surface area contributed by atoms with Gasteiger partial charge in [-0.15, -0.1) is 0 Å². The van der Waals surface area contributed by atoms with Crippen LogP contribution in [-0.2, 0) is 16.2 Å². The average Bonchev–Trinajstić information content (AvgIpc) is 2.64. The highest BCUT2D eigenvalue weighted by atomic mass is 79.9. The van der Waals surface area contributed by atoms with Crippen LogP contribution in [0.5, 0.6) is 0 Å². The zero-order valence-corrected chi connectivity index (χ0v) is 17.9. The van der Waals surface area contributed by atoms with Crippen molar-refractivity contribution in [2.45, 2.75) is 68.5 Å². The molecule has 0 aliphatic heterocycles. The van der Waals surface area contributed by atoms with Crippen LogP contribution in [0.2, 0.25) is 0 Å². The van der Waals surface area contributed by atoms with Crippen molar-refractivity contribution in [1.29, 1.82) is 0 Å². The molecule has 8 heteroatoms. The van der Waals surface area contributed by atoms with E-state index in [1.165, 1.54) is 37.0 Å². The lowest BCUT2D eigenvalue weighted by Crippen LogP contribution is -2.39. The molecule has 0 heterocycles. The molecule has 0 amide bonds. The summed E-state index contributed by atoms with van der Waals surface area (Å²) < 4.78 is 64.9. The van der Waals surface area contributed by atoms with Crippen molar-refractivity contribution in [2.24, 2.45) is 5.92 Å². The van der Waals surface area contributed by atoms with E-state index >= 15 is 0 Å². The maximum Gasteiger partial charge on any atom is 0.416 e. The molecule has 1 fully saturated rings. The summed E-state index contributed by atoms with van der Waals surface area (Å²) in [5, 5.41) is 1.03. The average molecular weight is 470 g/mol. The number of halogens is 4. The number of sulfonamides is 1. The van der Waals surface area contributed by atoms with Crippen LogP contribution in [0.4, 0.5) is 13.2 Å². The van der Waals surface area contributed by atoms with E-state index in [1.807, 2.05) is 0 Å². The minimum absolute atomic E-state index is 0.0870. The molecular weight excluding hydrogens is 443 g/mol. The highest BCUT2D eigenvalue weighted by molar-refractivity contribution is 9.09. The van der Waals surface area contributed by atoms with E-state index in [-0.39, 0.29) is 10.9 Å². The number of nitrogens with zero attached hydrogens (tertiary/aromatic N) is 1. The highest BCUT2D eigenvalue weighted by Crippen LogP contribution is 2.34. The molecule has 1 saturated carbocycles. The van der Waals surface area contributed by atoms with Gasteiger partial charge in [0, 0.05) is 18.4 Å². The first-order chi connectivity index (χ1) is 12.7. The Balaban J connectivity index is 1.94. The molecule has 0 unspecified atom stereocenters. The van der Waals surface area contributed by atoms with Crippen molar-refractivity contribution in [3.05, 3.63) is 29.8 Å². The number of rotatable bonds is 8. The monoisotopic (exact) mass is 469 g/mol. The Morgan fingerprint density at radius 1 is 1.04 bits per heavy atom. The fourth-order valence-electron chi connectivity index (χ4n) is 3.68. The molecule has 1 aromatic rings. The van der Waals surface area contributed by atoms with Crippen molar-refractivity contribution in [3.8, 4) is 0 Å². The standard InChI is InChI=1S/C19H27BrF3NO2S/c1-24(17-10-6-15(7-11-17)5-3-2-4-14-20)27(25,26)18-12-8-16(9-13-18)19(21,22)23/h8-9,12-13,15,17H,2-7,10-11,14H2,1H3/t15-,17-. The third-order valence-electron chi connectivity index (χ3n) is 5.44. The van der Waals surface area contributed by atoms with E-state index in [2.05, 4.69) is 15.9 Å². The van der Waals surface area contributed by atoms with E-state index in [1.54, 1.807) is 0 Å². The first-order valence-corrected chi connectivity index (χ1v) is 11.9. The van der Waals surface area contributed by atoms with Crippen LogP contribution in [0.15, 0.2) is 29.2 Å². The molecule has 0 radical (unpaired) electrons. The second-order valence-corrected chi connectivity index (χ2v) is 10.0. The molecule has 154 valence electrons. The third-order valence-corrected chi connectivity index (χ3v) is 7.92. The normalized spacial score (nSPS) is 21.6. The van der Waals surface area contributed by atoms with E-state index in [4.69, 9.17) is 0 Å². The second-order valence-electron chi connectivity index (χ2n) is 7.26. The Labute approximate surface area is 168 Å². The van der Waals surface area contributed by atoms with Gasteiger partial charge in [-0.25, -0.2) is 8.42 Å². The van der Waals surface area contributed by atoms with Gasteiger partial charge in [0.15, 0.2) is 0 Å². The Morgan fingerprint density at radius 2 is 1.63 bits per heavy atom. The Kier molecular flexibility index (Phi) is 8.19. The number of alkyl halides is 4. The Bertz CT molecular complexity index is 684. The largest absolute Gasteiger partial charge is 0.416 e. The molecule has 0 saturated heterocycles. The van der Waals surface area contributed by atoms with Crippen LogP contribution in [-0.4, -0.2) is 31.1 Å². The summed E-state index contributed by atoms with van der Waals surface area (Å²) in [6, 6.07) is 3.65. The van der Waals surface area contributed by atoms with Gasteiger partial charge in [-0.05, 0) is 62.3 Å². The summed E-state index contributed by atoms with van der Waals surface area (Å²) in [5.74, 6) is 0.652. The first-order valence-electron chi connectivity index (χ1n) is 9.37. The Morgan fingerprint density at radius 3 is 2.15 bits per heavy atom. The van der Waals surface area contributed by atoms with Gasteiger partial charge in [-0.1, -0.05) is 35.2 Å².